The highest BCUT2D eigenvalue weighted by Gasteiger charge is 2.43. The van der Waals surface area contributed by atoms with Crippen molar-refractivity contribution >= 4 is 11.7 Å². The van der Waals surface area contributed by atoms with Gasteiger partial charge in [0.05, 0.1) is 19.1 Å². The SMILES string of the molecule is COc1ccc2c(c1)C(=O)CC1(CCN(C(=O)COc3cc(C)cc(C)c3C)CC1)O2. The molecule has 0 aliphatic carbocycles. The van der Waals surface area contributed by atoms with E-state index in [1.165, 1.54) is 0 Å². The Hall–Kier alpha value is -3.02. The van der Waals surface area contributed by atoms with Gasteiger partial charge in [0.1, 0.15) is 22.8 Å². The molecule has 0 aromatic heterocycles. The topological polar surface area (TPSA) is 65.1 Å². The molecule has 31 heavy (non-hydrogen) atoms. The number of aryl methyl sites for hydroxylation is 2. The maximum atomic E-state index is 12.8. The summed E-state index contributed by atoms with van der Waals surface area (Å²) in [6.07, 6.45) is 1.57. The summed E-state index contributed by atoms with van der Waals surface area (Å²) in [6, 6.07) is 9.40. The first-order chi connectivity index (χ1) is 14.8. The summed E-state index contributed by atoms with van der Waals surface area (Å²) < 4.78 is 17.3. The van der Waals surface area contributed by atoms with Crippen molar-refractivity contribution in [1.82, 2.24) is 4.90 Å². The molecule has 0 saturated carbocycles. The van der Waals surface area contributed by atoms with Crippen LogP contribution >= 0.6 is 0 Å². The molecule has 0 unspecified atom stereocenters. The number of hydrogen-bond donors (Lipinski definition) is 0. The Morgan fingerprint density at radius 1 is 1.13 bits per heavy atom. The van der Waals surface area contributed by atoms with Crippen LogP contribution in [0.2, 0.25) is 0 Å². The molecule has 2 aliphatic rings. The molecule has 0 bridgehead atoms. The third kappa shape index (κ3) is 4.24. The predicted molar refractivity (Wildman–Crippen MR) is 117 cm³/mol. The lowest BCUT2D eigenvalue weighted by Gasteiger charge is -2.43. The fourth-order valence-corrected chi connectivity index (χ4v) is 4.42. The third-order valence-corrected chi connectivity index (χ3v) is 6.44. The van der Waals surface area contributed by atoms with Gasteiger partial charge < -0.3 is 19.1 Å². The molecule has 2 heterocycles. The average Bonchev–Trinajstić information content (AvgIpc) is 2.75. The van der Waals surface area contributed by atoms with Crippen molar-refractivity contribution in [2.45, 2.75) is 45.6 Å². The number of carbonyl (C=O) groups is 2. The molecule has 2 aromatic rings. The number of hydrogen-bond acceptors (Lipinski definition) is 5. The minimum absolute atomic E-state index is 0.0130. The average molecular weight is 424 g/mol. The van der Waals surface area contributed by atoms with Crippen molar-refractivity contribution in [2.24, 2.45) is 0 Å². The molecule has 6 heteroatoms. The van der Waals surface area contributed by atoms with Gasteiger partial charge in [0.25, 0.3) is 5.91 Å². The zero-order valence-corrected chi connectivity index (χ0v) is 18.6. The number of methoxy groups -OCH3 is 1. The Morgan fingerprint density at radius 3 is 2.58 bits per heavy atom. The molecular weight excluding hydrogens is 394 g/mol. The van der Waals surface area contributed by atoms with Crippen LogP contribution in [-0.4, -0.2) is 49.0 Å². The Balaban J connectivity index is 1.37. The summed E-state index contributed by atoms with van der Waals surface area (Å²) in [7, 11) is 1.58. The van der Waals surface area contributed by atoms with E-state index < -0.39 is 5.60 Å². The van der Waals surface area contributed by atoms with Crippen molar-refractivity contribution in [3.05, 3.63) is 52.6 Å². The second-order valence-electron chi connectivity index (χ2n) is 8.62. The van der Waals surface area contributed by atoms with Crippen molar-refractivity contribution in [1.29, 1.82) is 0 Å². The summed E-state index contributed by atoms with van der Waals surface area (Å²) in [5, 5.41) is 0. The quantitative estimate of drug-likeness (QED) is 0.743. The van der Waals surface area contributed by atoms with E-state index in [4.69, 9.17) is 14.2 Å². The number of likely N-dealkylation sites (tertiary alicyclic amines) is 1. The molecule has 0 atom stereocenters. The molecule has 1 amide bonds. The normalized spacial score (nSPS) is 17.2. The molecule has 2 aliphatic heterocycles. The highest BCUT2D eigenvalue weighted by Crippen LogP contribution is 2.40. The Kier molecular flexibility index (Phi) is 5.65. The van der Waals surface area contributed by atoms with Gasteiger partial charge in [0, 0.05) is 25.9 Å². The van der Waals surface area contributed by atoms with E-state index in [1.54, 1.807) is 30.2 Å². The summed E-state index contributed by atoms with van der Waals surface area (Å²) in [6.45, 7) is 7.18. The van der Waals surface area contributed by atoms with Crippen molar-refractivity contribution < 1.29 is 23.8 Å². The van der Waals surface area contributed by atoms with Crippen LogP contribution in [0.4, 0.5) is 0 Å². The van der Waals surface area contributed by atoms with Crippen LogP contribution in [0.25, 0.3) is 0 Å². The van der Waals surface area contributed by atoms with Gasteiger partial charge in [-0.15, -0.1) is 0 Å². The smallest absolute Gasteiger partial charge is 0.260 e. The minimum Gasteiger partial charge on any atom is -0.497 e. The number of benzene rings is 2. The fraction of sp³-hybridized carbons (Fsp3) is 0.440. The van der Waals surface area contributed by atoms with Crippen LogP contribution in [0.1, 0.15) is 46.3 Å². The number of piperidine rings is 1. The molecule has 0 radical (unpaired) electrons. The molecule has 164 valence electrons. The molecule has 0 N–H and O–H groups in total. The number of ketones is 1. The van der Waals surface area contributed by atoms with Gasteiger partial charge in [0.15, 0.2) is 12.4 Å². The highest BCUT2D eigenvalue weighted by atomic mass is 16.5. The maximum Gasteiger partial charge on any atom is 0.260 e. The van der Waals surface area contributed by atoms with E-state index >= 15 is 0 Å². The number of carbonyl (C=O) groups excluding carboxylic acids is 2. The van der Waals surface area contributed by atoms with Crippen molar-refractivity contribution in [3.8, 4) is 17.2 Å². The van der Waals surface area contributed by atoms with Gasteiger partial charge >= 0.3 is 0 Å². The first-order valence-electron chi connectivity index (χ1n) is 10.7. The van der Waals surface area contributed by atoms with Gasteiger partial charge in [-0.1, -0.05) is 6.07 Å². The molecule has 1 fully saturated rings. The summed E-state index contributed by atoms with van der Waals surface area (Å²) in [5.74, 6) is 2.03. The van der Waals surface area contributed by atoms with E-state index in [9.17, 15) is 9.59 Å². The first kappa shape index (κ1) is 21.2. The number of rotatable bonds is 4. The minimum atomic E-state index is -0.541. The van der Waals surface area contributed by atoms with Gasteiger partial charge in [0.2, 0.25) is 0 Å². The zero-order valence-electron chi connectivity index (χ0n) is 18.6. The molecular formula is C25H29NO5. The highest BCUT2D eigenvalue weighted by molar-refractivity contribution is 6.00. The van der Waals surface area contributed by atoms with Gasteiger partial charge in [-0.05, 0) is 61.7 Å². The van der Waals surface area contributed by atoms with Crippen LogP contribution in [0.15, 0.2) is 30.3 Å². The van der Waals surface area contributed by atoms with Gasteiger partial charge in [-0.25, -0.2) is 0 Å². The Bertz CT molecular complexity index is 1020. The van der Waals surface area contributed by atoms with Crippen molar-refractivity contribution in [3.63, 3.8) is 0 Å². The second-order valence-corrected chi connectivity index (χ2v) is 8.62. The molecule has 4 rings (SSSR count). The first-order valence-corrected chi connectivity index (χ1v) is 10.7. The van der Waals surface area contributed by atoms with E-state index in [0.29, 0.717) is 49.4 Å². The second kappa shape index (κ2) is 8.25. The molecule has 6 nitrogen and oxygen atoms in total. The Labute approximate surface area is 183 Å². The molecule has 2 aromatic carbocycles. The predicted octanol–water partition coefficient (Wildman–Crippen LogP) is 4.03. The molecule has 1 saturated heterocycles. The van der Waals surface area contributed by atoms with E-state index in [-0.39, 0.29) is 18.3 Å². The standard InChI is InChI=1S/C25H29NO5/c1-16-11-17(2)18(3)23(12-16)30-15-24(28)26-9-7-25(8-10-26)14-21(27)20-13-19(29-4)5-6-22(20)31-25/h5-6,11-13H,7-10,14-15H2,1-4H3. The summed E-state index contributed by atoms with van der Waals surface area (Å²) in [5.41, 5.74) is 3.35. The maximum absolute atomic E-state index is 12.8. The van der Waals surface area contributed by atoms with Gasteiger partial charge in [-0.2, -0.15) is 0 Å². The summed E-state index contributed by atoms with van der Waals surface area (Å²) >= 11 is 0. The van der Waals surface area contributed by atoms with E-state index in [1.807, 2.05) is 26.8 Å². The Morgan fingerprint density at radius 2 is 1.87 bits per heavy atom. The van der Waals surface area contributed by atoms with Crippen molar-refractivity contribution in [2.75, 3.05) is 26.8 Å². The number of fused-ring (bicyclic) bond motifs is 1. The third-order valence-electron chi connectivity index (χ3n) is 6.44. The van der Waals surface area contributed by atoms with Crippen LogP contribution in [0.5, 0.6) is 17.2 Å². The molecule has 1 spiro atoms. The van der Waals surface area contributed by atoms with E-state index in [0.717, 1.165) is 22.4 Å². The lowest BCUT2D eigenvalue weighted by atomic mass is 9.82. The summed E-state index contributed by atoms with van der Waals surface area (Å²) in [4.78, 5) is 27.3. The lowest BCUT2D eigenvalue weighted by molar-refractivity contribution is -0.136. The monoisotopic (exact) mass is 423 g/mol. The van der Waals surface area contributed by atoms with Crippen LogP contribution < -0.4 is 14.2 Å². The van der Waals surface area contributed by atoms with Crippen LogP contribution in [0, 0.1) is 20.8 Å². The largest absolute Gasteiger partial charge is 0.497 e. The fourth-order valence-electron chi connectivity index (χ4n) is 4.42. The van der Waals surface area contributed by atoms with Crippen LogP contribution in [-0.2, 0) is 4.79 Å². The number of Topliss-reactive ketones (excluding diaryl/α,β-unsaturated/α-hetero) is 1. The lowest BCUT2D eigenvalue weighted by Crippen LogP contribution is -2.53. The zero-order chi connectivity index (χ0) is 22.2. The number of amides is 1. The number of nitrogens with zero attached hydrogens (tertiary/aromatic N) is 1. The number of ether oxygens (including phenoxy) is 3. The van der Waals surface area contributed by atoms with Crippen LogP contribution in [0.3, 0.4) is 0 Å². The van der Waals surface area contributed by atoms with Gasteiger partial charge in [-0.3, -0.25) is 9.59 Å². The van der Waals surface area contributed by atoms with E-state index in [2.05, 4.69) is 6.07 Å².